The van der Waals surface area contributed by atoms with Gasteiger partial charge in [-0.25, -0.2) is 0 Å². The Morgan fingerprint density at radius 2 is 1.94 bits per heavy atom. The van der Waals surface area contributed by atoms with E-state index in [0.29, 0.717) is 11.0 Å². The third-order valence-corrected chi connectivity index (χ3v) is 5.23. The number of benzene rings is 1. The summed E-state index contributed by atoms with van der Waals surface area (Å²) in [6.45, 7) is 1.99. The molecule has 0 fully saturated rings. The van der Waals surface area contributed by atoms with Crippen molar-refractivity contribution >= 4 is 23.6 Å². The van der Waals surface area contributed by atoms with Gasteiger partial charge in [-0.1, -0.05) is 30.0 Å². The van der Waals surface area contributed by atoms with Gasteiger partial charge in [-0.2, -0.15) is 0 Å². The first-order valence-electron chi connectivity index (χ1n) is 9.31. The van der Waals surface area contributed by atoms with E-state index in [9.17, 15) is 9.59 Å². The quantitative estimate of drug-likeness (QED) is 0.354. The lowest BCUT2D eigenvalue weighted by Gasteiger charge is -2.12. The number of furan rings is 1. The third-order valence-electron chi connectivity index (χ3n) is 4.30. The molecule has 31 heavy (non-hydrogen) atoms. The Bertz CT molecular complexity index is 1190. The number of pyridine rings is 1. The van der Waals surface area contributed by atoms with E-state index in [-0.39, 0.29) is 11.5 Å². The van der Waals surface area contributed by atoms with Crippen LogP contribution in [-0.2, 0) is 4.79 Å². The van der Waals surface area contributed by atoms with Gasteiger partial charge in [0.1, 0.15) is 0 Å². The number of rotatable bonds is 6. The molecule has 2 amide bonds. The number of nitrogens with zero attached hydrogens (tertiary/aromatic N) is 4. The molecule has 0 bridgehead atoms. The van der Waals surface area contributed by atoms with E-state index in [0.717, 1.165) is 16.8 Å². The van der Waals surface area contributed by atoms with Crippen molar-refractivity contribution in [3.8, 4) is 17.1 Å². The van der Waals surface area contributed by atoms with Crippen molar-refractivity contribution in [2.45, 2.75) is 12.1 Å². The molecule has 0 saturated heterocycles. The SMILES string of the molecule is Cc1ccccc1-n1c(SCC(=O)NNC(=O)c2ccco2)nnc1-c1cccnc1. The van der Waals surface area contributed by atoms with Gasteiger partial charge >= 0.3 is 5.91 Å². The Morgan fingerprint density at radius 3 is 2.68 bits per heavy atom. The fraction of sp³-hybridized carbons (Fsp3) is 0.0952. The van der Waals surface area contributed by atoms with Crippen molar-refractivity contribution in [3.05, 3.63) is 78.5 Å². The highest BCUT2D eigenvalue weighted by Crippen LogP contribution is 2.28. The normalized spacial score (nSPS) is 10.6. The molecular weight excluding hydrogens is 416 g/mol. The van der Waals surface area contributed by atoms with E-state index in [4.69, 9.17) is 4.42 Å². The zero-order valence-electron chi connectivity index (χ0n) is 16.5. The van der Waals surface area contributed by atoms with E-state index in [1.807, 2.05) is 47.9 Å². The molecule has 156 valence electrons. The predicted molar refractivity (Wildman–Crippen MR) is 114 cm³/mol. The maximum absolute atomic E-state index is 12.2. The molecule has 4 aromatic rings. The molecular formula is C21H18N6O3S. The number of carbonyl (C=O) groups is 2. The number of hydrogen-bond acceptors (Lipinski definition) is 7. The fourth-order valence-corrected chi connectivity index (χ4v) is 3.58. The van der Waals surface area contributed by atoms with E-state index in [2.05, 4.69) is 26.0 Å². The van der Waals surface area contributed by atoms with Crippen LogP contribution in [0, 0.1) is 6.92 Å². The molecule has 0 unspecified atom stereocenters. The summed E-state index contributed by atoms with van der Waals surface area (Å²) in [5.41, 5.74) is 7.42. The first-order chi connectivity index (χ1) is 15.1. The Kier molecular flexibility index (Phi) is 6.08. The van der Waals surface area contributed by atoms with Crippen LogP contribution in [0.15, 0.2) is 76.8 Å². The molecule has 0 spiro atoms. The number of thioether (sulfide) groups is 1. The van der Waals surface area contributed by atoms with Gasteiger partial charge in [-0.15, -0.1) is 10.2 Å². The molecule has 0 atom stereocenters. The average molecular weight is 434 g/mol. The predicted octanol–water partition coefficient (Wildman–Crippen LogP) is 2.78. The molecule has 2 N–H and O–H groups in total. The third kappa shape index (κ3) is 4.64. The minimum absolute atomic E-state index is 0.0233. The van der Waals surface area contributed by atoms with E-state index >= 15 is 0 Å². The van der Waals surface area contributed by atoms with Gasteiger partial charge in [0.15, 0.2) is 16.7 Å². The van der Waals surface area contributed by atoms with Crippen molar-refractivity contribution in [2.75, 3.05) is 5.75 Å². The molecule has 9 nitrogen and oxygen atoms in total. The van der Waals surface area contributed by atoms with Gasteiger partial charge in [-0.05, 0) is 42.8 Å². The van der Waals surface area contributed by atoms with Crippen LogP contribution in [0.4, 0.5) is 0 Å². The van der Waals surface area contributed by atoms with Crippen molar-refractivity contribution in [1.82, 2.24) is 30.6 Å². The molecule has 0 aliphatic heterocycles. The van der Waals surface area contributed by atoms with Crippen LogP contribution in [-0.4, -0.2) is 37.3 Å². The zero-order chi connectivity index (χ0) is 21.6. The molecule has 0 aliphatic rings. The molecule has 10 heteroatoms. The number of aryl methyl sites for hydroxylation is 1. The maximum Gasteiger partial charge on any atom is 0.305 e. The molecule has 0 saturated carbocycles. The highest BCUT2D eigenvalue weighted by atomic mass is 32.2. The van der Waals surface area contributed by atoms with Gasteiger partial charge in [0.05, 0.1) is 17.7 Å². The van der Waals surface area contributed by atoms with Crippen LogP contribution in [0.2, 0.25) is 0 Å². The van der Waals surface area contributed by atoms with Gasteiger partial charge in [0.2, 0.25) is 5.91 Å². The monoisotopic (exact) mass is 434 g/mol. The lowest BCUT2D eigenvalue weighted by atomic mass is 10.2. The lowest BCUT2D eigenvalue weighted by molar-refractivity contribution is -0.119. The Morgan fingerprint density at radius 1 is 1.06 bits per heavy atom. The maximum atomic E-state index is 12.2. The topological polar surface area (TPSA) is 115 Å². The number of hydrazine groups is 1. The van der Waals surface area contributed by atoms with Gasteiger partial charge in [-0.3, -0.25) is 30.0 Å². The summed E-state index contributed by atoms with van der Waals surface area (Å²) in [4.78, 5) is 28.3. The lowest BCUT2D eigenvalue weighted by Crippen LogP contribution is -2.42. The molecule has 4 rings (SSSR count). The zero-order valence-corrected chi connectivity index (χ0v) is 17.3. The van der Waals surface area contributed by atoms with Crippen LogP contribution in [0.25, 0.3) is 17.1 Å². The molecule has 1 aromatic carbocycles. The number of nitrogens with one attached hydrogen (secondary N) is 2. The fourth-order valence-electron chi connectivity index (χ4n) is 2.84. The second-order valence-electron chi connectivity index (χ2n) is 6.44. The smallest absolute Gasteiger partial charge is 0.305 e. The largest absolute Gasteiger partial charge is 0.459 e. The Labute approximate surface area is 181 Å². The van der Waals surface area contributed by atoms with Gasteiger partial charge < -0.3 is 4.42 Å². The van der Waals surface area contributed by atoms with Crippen LogP contribution in [0.5, 0.6) is 0 Å². The van der Waals surface area contributed by atoms with Gasteiger partial charge in [0, 0.05) is 18.0 Å². The summed E-state index contributed by atoms with van der Waals surface area (Å²) < 4.78 is 6.88. The molecule has 0 aliphatic carbocycles. The first kappa shape index (κ1) is 20.4. The number of aromatic nitrogens is 4. The number of hydrogen-bond donors (Lipinski definition) is 2. The molecule has 3 heterocycles. The van der Waals surface area contributed by atoms with E-state index in [1.165, 1.54) is 24.1 Å². The van der Waals surface area contributed by atoms with Crippen LogP contribution >= 0.6 is 11.8 Å². The standard InChI is InChI=1S/C21H18N6O3S/c1-14-6-2-3-8-16(14)27-19(15-7-4-10-22-12-15)24-26-21(27)31-13-18(28)23-25-20(29)17-9-5-11-30-17/h2-12H,13H2,1H3,(H,23,28)(H,25,29). The van der Waals surface area contributed by atoms with Crippen molar-refractivity contribution in [1.29, 1.82) is 0 Å². The first-order valence-corrected chi connectivity index (χ1v) is 10.3. The Balaban J connectivity index is 1.52. The second-order valence-corrected chi connectivity index (χ2v) is 7.38. The van der Waals surface area contributed by atoms with Crippen LogP contribution in [0.3, 0.4) is 0 Å². The minimum atomic E-state index is -0.537. The summed E-state index contributed by atoms with van der Waals surface area (Å²) in [6, 6.07) is 14.7. The van der Waals surface area contributed by atoms with Crippen LogP contribution in [0.1, 0.15) is 16.1 Å². The molecule has 0 radical (unpaired) electrons. The van der Waals surface area contributed by atoms with E-state index in [1.54, 1.807) is 18.5 Å². The van der Waals surface area contributed by atoms with Crippen molar-refractivity contribution in [2.24, 2.45) is 0 Å². The Hall–Kier alpha value is -3.92. The number of amides is 2. The van der Waals surface area contributed by atoms with E-state index < -0.39 is 11.8 Å². The van der Waals surface area contributed by atoms with Crippen molar-refractivity contribution in [3.63, 3.8) is 0 Å². The van der Waals surface area contributed by atoms with Crippen molar-refractivity contribution < 1.29 is 14.0 Å². The van der Waals surface area contributed by atoms with Gasteiger partial charge in [0.25, 0.3) is 0 Å². The van der Waals surface area contributed by atoms with Crippen LogP contribution < -0.4 is 10.9 Å². The average Bonchev–Trinajstić information content (AvgIpc) is 3.47. The highest BCUT2D eigenvalue weighted by Gasteiger charge is 2.19. The molecule has 3 aromatic heterocycles. The summed E-state index contributed by atoms with van der Waals surface area (Å²) in [5, 5.41) is 9.15. The highest BCUT2D eigenvalue weighted by molar-refractivity contribution is 7.99. The summed E-state index contributed by atoms with van der Waals surface area (Å²) in [5.74, 6) is -0.183. The second kappa shape index (κ2) is 9.26. The number of para-hydroxylation sites is 1. The number of carbonyl (C=O) groups excluding carboxylic acids is 2. The summed E-state index contributed by atoms with van der Waals surface area (Å²) in [7, 11) is 0. The summed E-state index contributed by atoms with van der Waals surface area (Å²) >= 11 is 1.21. The summed E-state index contributed by atoms with van der Waals surface area (Å²) in [6.07, 6.45) is 4.78. The minimum Gasteiger partial charge on any atom is -0.459 e.